The Hall–Kier alpha value is 0.350. The highest BCUT2D eigenvalue weighted by Crippen LogP contribution is 2.36. The maximum atomic E-state index is 10.6. The Labute approximate surface area is 81.1 Å². The number of halogens is 2. The number of quaternary nitrogens is 1. The van der Waals surface area contributed by atoms with E-state index in [2.05, 4.69) is 32.3 Å². The van der Waals surface area contributed by atoms with Gasteiger partial charge in [0.2, 0.25) is 38.3 Å². The molecule has 2 atom stereocenters. The summed E-state index contributed by atoms with van der Waals surface area (Å²) < 4.78 is 0.0104. The molecule has 0 aromatic heterocycles. The standard InChI is InChI=1S/C5H7Br2NO3/c6-8(7)2-1-3(9)4(8)5(10)11/h3-4,9H,1-2H2/p+1/t3?,4-/m0/s1. The summed E-state index contributed by atoms with van der Waals surface area (Å²) in [4.78, 5) is 10.6. The van der Waals surface area contributed by atoms with E-state index in [0.29, 0.717) is 13.0 Å². The third-order valence-electron chi connectivity index (χ3n) is 1.75. The lowest BCUT2D eigenvalue weighted by Crippen LogP contribution is -2.43. The first kappa shape index (κ1) is 9.44. The van der Waals surface area contributed by atoms with E-state index in [9.17, 15) is 9.90 Å². The van der Waals surface area contributed by atoms with Gasteiger partial charge in [0.05, 0.1) is 0 Å². The summed E-state index contributed by atoms with van der Waals surface area (Å²) in [6, 6.07) is -0.810. The Morgan fingerprint density at radius 2 is 2.09 bits per heavy atom. The second-order valence-electron chi connectivity index (χ2n) is 2.54. The summed E-state index contributed by atoms with van der Waals surface area (Å²) in [6.45, 7) is 0.568. The van der Waals surface area contributed by atoms with Crippen LogP contribution in [0.15, 0.2) is 0 Å². The molecular weight excluding hydrogens is 282 g/mol. The van der Waals surface area contributed by atoms with E-state index in [1.54, 1.807) is 0 Å². The number of rotatable bonds is 1. The van der Waals surface area contributed by atoms with Crippen LogP contribution in [0.25, 0.3) is 0 Å². The molecule has 1 rings (SSSR count). The number of carbonyl (C=O) groups is 1. The predicted molar refractivity (Wildman–Crippen MR) is 45.0 cm³/mol. The number of carboxylic acids is 1. The van der Waals surface area contributed by atoms with Crippen molar-refractivity contribution in [1.29, 1.82) is 0 Å². The molecule has 64 valence electrons. The van der Waals surface area contributed by atoms with Crippen molar-refractivity contribution in [1.82, 2.24) is 0 Å². The van der Waals surface area contributed by atoms with E-state index in [1.165, 1.54) is 0 Å². The minimum atomic E-state index is -0.997. The lowest BCUT2D eigenvalue weighted by Gasteiger charge is -2.20. The van der Waals surface area contributed by atoms with Crippen LogP contribution in [0.2, 0.25) is 0 Å². The zero-order valence-corrected chi connectivity index (χ0v) is 8.75. The van der Waals surface area contributed by atoms with Crippen molar-refractivity contribution >= 4 is 38.3 Å². The fourth-order valence-electron chi connectivity index (χ4n) is 1.18. The van der Waals surface area contributed by atoms with Gasteiger partial charge in [-0.3, -0.25) is 0 Å². The molecule has 0 aromatic carbocycles. The minimum Gasteiger partial charge on any atom is -0.477 e. The van der Waals surface area contributed by atoms with Crippen LogP contribution in [0, 0.1) is 0 Å². The van der Waals surface area contributed by atoms with Gasteiger partial charge < -0.3 is 10.2 Å². The van der Waals surface area contributed by atoms with Gasteiger partial charge in [-0.15, -0.1) is 0 Å². The Morgan fingerprint density at radius 1 is 1.55 bits per heavy atom. The quantitative estimate of drug-likeness (QED) is 0.697. The van der Waals surface area contributed by atoms with Crippen molar-refractivity contribution in [3.05, 3.63) is 0 Å². The van der Waals surface area contributed by atoms with E-state index in [4.69, 9.17) is 5.11 Å². The lowest BCUT2D eigenvalue weighted by atomic mass is 10.2. The Morgan fingerprint density at radius 3 is 2.27 bits per heavy atom. The first-order valence-corrected chi connectivity index (χ1v) is 4.55. The van der Waals surface area contributed by atoms with Gasteiger partial charge >= 0.3 is 5.97 Å². The van der Waals surface area contributed by atoms with Gasteiger partial charge in [0.25, 0.3) is 0 Å². The second-order valence-corrected chi connectivity index (χ2v) is 6.03. The molecule has 1 aliphatic rings. The summed E-state index contributed by atoms with van der Waals surface area (Å²) in [5.74, 6) is -0.997. The highest BCUT2D eigenvalue weighted by molar-refractivity contribution is 9.16. The molecule has 0 radical (unpaired) electrons. The molecule has 4 nitrogen and oxygen atoms in total. The van der Waals surface area contributed by atoms with E-state index >= 15 is 0 Å². The van der Waals surface area contributed by atoms with Crippen molar-refractivity contribution in [2.45, 2.75) is 18.6 Å². The Bertz CT molecular complexity index is 185. The van der Waals surface area contributed by atoms with Crippen molar-refractivity contribution in [2.24, 2.45) is 0 Å². The monoisotopic (exact) mass is 288 g/mol. The second kappa shape index (κ2) is 3.01. The molecule has 1 heterocycles. The molecule has 0 aliphatic carbocycles. The maximum absolute atomic E-state index is 10.6. The molecule has 0 bridgehead atoms. The highest BCUT2D eigenvalue weighted by Gasteiger charge is 2.51. The molecule has 0 spiro atoms. The van der Waals surface area contributed by atoms with Gasteiger partial charge in [0.15, 0.2) is 0 Å². The molecule has 1 fully saturated rings. The van der Waals surface area contributed by atoms with Crippen molar-refractivity contribution in [2.75, 3.05) is 6.54 Å². The van der Waals surface area contributed by atoms with E-state index in [0.717, 1.165) is 0 Å². The molecular formula is C5H8Br2NO3+. The number of hydrogen-bond acceptors (Lipinski definition) is 2. The first-order chi connectivity index (χ1) is 4.95. The first-order valence-electron chi connectivity index (χ1n) is 3.13. The van der Waals surface area contributed by atoms with Gasteiger partial charge in [-0.2, -0.15) is 2.54 Å². The Balaban J connectivity index is 2.80. The highest BCUT2D eigenvalue weighted by atomic mass is 79.9. The molecule has 2 N–H and O–H groups in total. The molecule has 6 heteroatoms. The smallest absolute Gasteiger partial charge is 0.367 e. The predicted octanol–water partition coefficient (Wildman–Crippen LogP) is 0.641. The van der Waals surface area contributed by atoms with Crippen LogP contribution in [0.3, 0.4) is 0 Å². The largest absolute Gasteiger partial charge is 0.477 e. The fourth-order valence-corrected chi connectivity index (χ4v) is 2.48. The molecule has 0 saturated carbocycles. The third-order valence-corrected chi connectivity index (χ3v) is 3.34. The SMILES string of the molecule is O=C(O)[C@@H]1C(O)CC[N+]1(Br)Br. The van der Waals surface area contributed by atoms with Crippen LogP contribution in [-0.4, -0.2) is 37.4 Å². The van der Waals surface area contributed by atoms with E-state index in [-0.39, 0.29) is 2.54 Å². The molecule has 1 unspecified atom stereocenters. The van der Waals surface area contributed by atoms with Crippen LogP contribution < -0.4 is 0 Å². The topological polar surface area (TPSA) is 57.5 Å². The number of nitrogens with zero attached hydrogens (tertiary/aromatic N) is 1. The van der Waals surface area contributed by atoms with Gasteiger partial charge in [-0.25, -0.2) is 4.79 Å². The van der Waals surface area contributed by atoms with Gasteiger partial charge in [-0.1, -0.05) is 0 Å². The maximum Gasteiger partial charge on any atom is 0.367 e. The molecule has 0 amide bonds. The summed E-state index contributed by atoms with van der Waals surface area (Å²) >= 11 is 6.33. The normalized spacial score (nSPS) is 35.5. The van der Waals surface area contributed by atoms with Crippen LogP contribution in [0.5, 0.6) is 0 Å². The van der Waals surface area contributed by atoms with Crippen LogP contribution in [-0.2, 0) is 4.79 Å². The van der Waals surface area contributed by atoms with Gasteiger partial charge in [0.1, 0.15) is 12.6 Å². The fraction of sp³-hybridized carbons (Fsp3) is 0.800. The van der Waals surface area contributed by atoms with Crippen LogP contribution in [0.4, 0.5) is 0 Å². The number of hydrogen-bond donors (Lipinski definition) is 2. The van der Waals surface area contributed by atoms with Crippen molar-refractivity contribution in [3.8, 4) is 0 Å². The van der Waals surface area contributed by atoms with E-state index < -0.39 is 18.1 Å². The molecule has 1 aliphatic heterocycles. The van der Waals surface area contributed by atoms with Crippen molar-refractivity contribution in [3.63, 3.8) is 0 Å². The summed E-state index contributed by atoms with van der Waals surface area (Å²) in [6.07, 6.45) is -0.278. The average Bonchev–Trinajstić information content (AvgIpc) is 2.06. The minimum absolute atomic E-state index is 0.0104. The number of aliphatic hydroxyl groups excluding tert-OH is 1. The summed E-state index contributed by atoms with van der Waals surface area (Å²) in [7, 11) is 0. The number of aliphatic hydroxyl groups is 1. The van der Waals surface area contributed by atoms with Crippen LogP contribution in [0.1, 0.15) is 6.42 Å². The molecule has 0 aromatic rings. The summed E-state index contributed by atoms with van der Waals surface area (Å²) in [5, 5.41) is 17.9. The summed E-state index contributed by atoms with van der Waals surface area (Å²) in [5.41, 5.74) is 0. The third kappa shape index (κ3) is 1.74. The molecule has 1 saturated heterocycles. The average molecular weight is 290 g/mol. The molecule has 11 heavy (non-hydrogen) atoms. The van der Waals surface area contributed by atoms with Gasteiger partial charge in [-0.05, 0) is 0 Å². The zero-order chi connectivity index (χ0) is 8.65. The number of carboxylic acid groups (broad SMARTS) is 1. The van der Waals surface area contributed by atoms with E-state index in [1.807, 2.05) is 0 Å². The number of aliphatic carboxylic acids is 1. The lowest BCUT2D eigenvalue weighted by molar-refractivity contribution is -0.621. The van der Waals surface area contributed by atoms with Crippen molar-refractivity contribution < 1.29 is 17.5 Å². The zero-order valence-electron chi connectivity index (χ0n) is 5.57. The van der Waals surface area contributed by atoms with Crippen LogP contribution >= 0.6 is 32.3 Å². The van der Waals surface area contributed by atoms with Gasteiger partial charge in [0, 0.05) is 6.42 Å². The Kier molecular flexibility index (Phi) is 2.58.